The monoisotopic (exact) mass is 432 g/mol. The third-order valence-electron chi connectivity index (χ3n) is 3.58. The first-order valence-electron chi connectivity index (χ1n) is 7.78. The van der Waals surface area contributed by atoms with E-state index in [9.17, 15) is 5.11 Å². The molecular weight excluding hydrogens is 416 g/mol. The smallest absolute Gasteiger partial charge is 0.212 e. The van der Waals surface area contributed by atoms with Crippen molar-refractivity contribution >= 4 is 33.9 Å². The van der Waals surface area contributed by atoms with Crippen LogP contribution < -0.4 is 4.74 Å². The van der Waals surface area contributed by atoms with Crippen molar-refractivity contribution in [3.63, 3.8) is 0 Å². The zero-order valence-electron chi connectivity index (χ0n) is 14.3. The first-order valence-corrected chi connectivity index (χ1v) is 9.56. The Morgan fingerprint density at radius 2 is 2.04 bits per heavy atom. The zero-order valence-corrected chi connectivity index (χ0v) is 16.7. The lowest BCUT2D eigenvalue weighted by Crippen LogP contribution is -1.97. The third kappa shape index (κ3) is 4.25. The maximum Gasteiger partial charge on any atom is 0.212 e. The van der Waals surface area contributed by atoms with E-state index in [0.29, 0.717) is 22.3 Å². The Labute approximate surface area is 164 Å². The van der Waals surface area contributed by atoms with Gasteiger partial charge in [-0.25, -0.2) is 0 Å². The van der Waals surface area contributed by atoms with Crippen molar-refractivity contribution in [1.29, 1.82) is 0 Å². The molecule has 0 aliphatic carbocycles. The second-order valence-electron chi connectivity index (χ2n) is 5.41. The molecule has 0 atom stereocenters. The van der Waals surface area contributed by atoms with E-state index in [1.165, 1.54) is 12.7 Å². The van der Waals surface area contributed by atoms with Crippen molar-refractivity contribution in [3.8, 4) is 11.5 Å². The second-order valence-corrected chi connectivity index (χ2v) is 7.26. The molecule has 0 radical (unpaired) electrons. The van der Waals surface area contributed by atoms with Gasteiger partial charge < -0.3 is 9.84 Å². The number of nitrogens with zero attached hydrogens (tertiary/aromatic N) is 4. The summed E-state index contributed by atoms with van der Waals surface area (Å²) in [6.07, 6.45) is 1.56. The number of halogens is 1. The number of methoxy groups -OCH3 is 1. The number of ether oxygens (including phenoxy) is 1. The normalized spacial score (nSPS) is 11.2. The molecule has 0 saturated carbocycles. The van der Waals surface area contributed by atoms with Crippen LogP contribution in [-0.4, -0.2) is 33.3 Å². The van der Waals surface area contributed by atoms with Crippen molar-refractivity contribution in [2.75, 3.05) is 7.11 Å². The quantitative estimate of drug-likeness (QED) is 0.465. The summed E-state index contributed by atoms with van der Waals surface area (Å²) in [5, 5.41) is 23.6. The molecule has 0 saturated heterocycles. The van der Waals surface area contributed by atoms with Gasteiger partial charge in [-0.1, -0.05) is 58.0 Å². The van der Waals surface area contributed by atoms with Gasteiger partial charge in [0.2, 0.25) is 5.16 Å². The van der Waals surface area contributed by atoms with E-state index in [2.05, 4.69) is 43.4 Å². The van der Waals surface area contributed by atoms with Crippen molar-refractivity contribution < 1.29 is 9.84 Å². The number of hydrogen-bond acceptors (Lipinski definition) is 6. The molecule has 6 nitrogen and oxygen atoms in total. The van der Waals surface area contributed by atoms with Gasteiger partial charge in [-0.2, -0.15) is 9.78 Å². The van der Waals surface area contributed by atoms with Crippen LogP contribution in [0.3, 0.4) is 0 Å². The Balaban J connectivity index is 1.83. The lowest BCUT2D eigenvalue weighted by Gasteiger charge is -2.07. The van der Waals surface area contributed by atoms with E-state index in [1.54, 1.807) is 34.8 Å². The first kappa shape index (κ1) is 18.5. The molecule has 1 N–H and O–H groups in total. The van der Waals surface area contributed by atoms with E-state index in [0.717, 1.165) is 10.2 Å². The maximum atomic E-state index is 10.2. The van der Waals surface area contributed by atoms with Crippen LogP contribution in [0.1, 0.15) is 17.0 Å². The topological polar surface area (TPSA) is 72.5 Å². The van der Waals surface area contributed by atoms with Crippen molar-refractivity contribution in [1.82, 2.24) is 14.9 Å². The van der Waals surface area contributed by atoms with Gasteiger partial charge in [-0.15, -0.1) is 10.2 Å². The zero-order chi connectivity index (χ0) is 18.5. The Kier molecular flexibility index (Phi) is 5.95. The Bertz CT molecular complexity index is 928. The number of phenolic OH excluding ortho intramolecular Hbond substituents is 1. The van der Waals surface area contributed by atoms with Crippen LogP contribution in [0, 0.1) is 6.92 Å². The summed E-state index contributed by atoms with van der Waals surface area (Å²) in [5.74, 6) is 1.84. The fraction of sp³-hybridized carbons (Fsp3) is 0.167. The summed E-state index contributed by atoms with van der Waals surface area (Å²) in [7, 11) is 1.50. The highest BCUT2D eigenvalue weighted by Crippen LogP contribution is 2.32. The molecule has 0 amide bonds. The number of benzene rings is 2. The van der Waals surface area contributed by atoms with Crippen molar-refractivity contribution in [3.05, 3.63) is 63.9 Å². The summed E-state index contributed by atoms with van der Waals surface area (Å²) in [6.45, 7) is 1.83. The highest BCUT2D eigenvalue weighted by atomic mass is 79.9. The molecular formula is C18H17BrN4O2S. The molecule has 0 fully saturated rings. The van der Waals surface area contributed by atoms with Crippen molar-refractivity contribution in [2.24, 2.45) is 5.10 Å². The molecule has 26 heavy (non-hydrogen) atoms. The fourth-order valence-electron chi connectivity index (χ4n) is 2.25. The van der Waals surface area contributed by atoms with Gasteiger partial charge in [0.15, 0.2) is 17.3 Å². The highest BCUT2D eigenvalue weighted by Gasteiger charge is 2.11. The number of aromatic nitrogens is 3. The van der Waals surface area contributed by atoms with Crippen LogP contribution in [0.2, 0.25) is 0 Å². The lowest BCUT2D eigenvalue weighted by atomic mass is 10.2. The maximum absolute atomic E-state index is 10.2. The van der Waals surface area contributed by atoms with Crippen LogP contribution in [0.4, 0.5) is 0 Å². The minimum Gasteiger partial charge on any atom is -0.504 e. The highest BCUT2D eigenvalue weighted by molar-refractivity contribution is 9.10. The Hall–Kier alpha value is -2.32. The van der Waals surface area contributed by atoms with E-state index < -0.39 is 0 Å². The summed E-state index contributed by atoms with van der Waals surface area (Å²) in [4.78, 5) is 0. The SMILES string of the molecule is COc1cc(Br)cc(/C=N/n2c(C)nnc2SCc2ccccc2)c1O. The molecule has 3 aromatic rings. The molecule has 8 heteroatoms. The molecule has 2 aromatic carbocycles. The van der Waals surface area contributed by atoms with E-state index in [-0.39, 0.29) is 5.75 Å². The van der Waals surface area contributed by atoms with E-state index >= 15 is 0 Å². The number of hydrogen-bond donors (Lipinski definition) is 1. The standard InChI is InChI=1S/C18H17BrN4O2S/c1-12-21-22-18(26-11-13-6-4-3-5-7-13)23(12)20-10-14-8-15(19)9-16(25-2)17(14)24/h3-10,24H,11H2,1-2H3/b20-10+. The van der Waals surface area contributed by atoms with E-state index in [4.69, 9.17) is 4.74 Å². The van der Waals surface area contributed by atoms with Gasteiger partial charge in [-0.3, -0.25) is 0 Å². The minimum atomic E-state index is 0.0312. The van der Waals surface area contributed by atoms with Gasteiger partial charge in [0.25, 0.3) is 0 Å². The number of phenols is 1. The Morgan fingerprint density at radius 3 is 2.77 bits per heavy atom. The van der Waals surface area contributed by atoms with Gasteiger partial charge in [0, 0.05) is 15.8 Å². The molecule has 0 unspecified atom stereocenters. The lowest BCUT2D eigenvalue weighted by molar-refractivity contribution is 0.373. The largest absolute Gasteiger partial charge is 0.504 e. The molecule has 0 spiro atoms. The van der Waals surface area contributed by atoms with Crippen LogP contribution in [-0.2, 0) is 5.75 Å². The van der Waals surface area contributed by atoms with Gasteiger partial charge in [0.1, 0.15) is 0 Å². The summed E-state index contributed by atoms with van der Waals surface area (Å²) in [5.41, 5.74) is 1.73. The van der Waals surface area contributed by atoms with Gasteiger partial charge in [-0.05, 0) is 24.6 Å². The average molecular weight is 433 g/mol. The van der Waals surface area contributed by atoms with Crippen LogP contribution in [0.25, 0.3) is 0 Å². The van der Waals surface area contributed by atoms with Crippen LogP contribution in [0.15, 0.2) is 57.2 Å². The van der Waals surface area contributed by atoms with Gasteiger partial charge >= 0.3 is 0 Å². The molecule has 0 aliphatic rings. The first-order chi connectivity index (χ1) is 12.6. The van der Waals surface area contributed by atoms with Gasteiger partial charge in [0.05, 0.1) is 13.3 Å². The average Bonchev–Trinajstić information content (AvgIpc) is 3.01. The molecule has 0 aliphatic heterocycles. The number of aryl methyl sites for hydroxylation is 1. The van der Waals surface area contributed by atoms with Crippen molar-refractivity contribution in [2.45, 2.75) is 17.8 Å². The minimum absolute atomic E-state index is 0.0312. The van der Waals surface area contributed by atoms with E-state index in [1.807, 2.05) is 25.1 Å². The summed E-state index contributed by atoms with van der Waals surface area (Å²) in [6, 6.07) is 13.6. The molecule has 3 rings (SSSR count). The predicted octanol–water partition coefficient (Wildman–Crippen LogP) is 4.24. The molecule has 134 valence electrons. The number of rotatable bonds is 6. The fourth-order valence-corrected chi connectivity index (χ4v) is 3.59. The summed E-state index contributed by atoms with van der Waals surface area (Å²) >= 11 is 4.95. The predicted molar refractivity (Wildman–Crippen MR) is 106 cm³/mol. The summed E-state index contributed by atoms with van der Waals surface area (Å²) < 4.78 is 7.60. The third-order valence-corrected chi connectivity index (χ3v) is 5.03. The number of aromatic hydroxyl groups is 1. The molecule has 1 heterocycles. The van der Waals surface area contributed by atoms with Crippen LogP contribution >= 0.6 is 27.7 Å². The second kappa shape index (κ2) is 8.37. The van der Waals surface area contributed by atoms with Crippen LogP contribution in [0.5, 0.6) is 11.5 Å². The Morgan fingerprint density at radius 1 is 1.27 bits per heavy atom. The molecule has 0 bridgehead atoms. The number of thioether (sulfide) groups is 1. The molecule has 1 aromatic heterocycles.